The van der Waals surface area contributed by atoms with Crippen LogP contribution in [-0.4, -0.2) is 5.49 Å². The van der Waals surface area contributed by atoms with Gasteiger partial charge in [0.15, 0.2) is 0 Å². The van der Waals surface area contributed by atoms with Crippen molar-refractivity contribution in [1.82, 2.24) is 0 Å². The van der Waals surface area contributed by atoms with Crippen molar-refractivity contribution >= 4 is 17.6 Å². The van der Waals surface area contributed by atoms with Crippen LogP contribution >= 0.6 is 0 Å². The molecule has 0 bridgehead atoms. The van der Waals surface area contributed by atoms with Crippen LogP contribution in [0, 0.1) is 0 Å². The van der Waals surface area contributed by atoms with Gasteiger partial charge in [-0.25, -0.2) is 0 Å². The average molecular weight is 705 g/mol. The van der Waals surface area contributed by atoms with Crippen molar-refractivity contribution in [2.24, 2.45) is 0 Å². The summed E-state index contributed by atoms with van der Waals surface area (Å²) in [6, 6.07) is 36.2. The van der Waals surface area contributed by atoms with E-state index < -0.39 is 22.6 Å². The molecule has 0 amide bonds. The van der Waals surface area contributed by atoms with Gasteiger partial charge in [0.25, 0.3) is 0 Å². The Morgan fingerprint density at radius 1 is 0.525 bits per heavy atom. The van der Waals surface area contributed by atoms with Gasteiger partial charge in [-0.1, -0.05) is 0 Å². The van der Waals surface area contributed by atoms with Gasteiger partial charge in [0.05, 0.1) is 0 Å². The summed E-state index contributed by atoms with van der Waals surface area (Å²) < 4.78 is 6.86. The molecule has 0 heterocycles. The maximum atomic E-state index is 2.88. The van der Waals surface area contributed by atoms with E-state index in [1.165, 1.54) is 33.4 Å². The molecule has 0 saturated carbocycles. The van der Waals surface area contributed by atoms with E-state index >= 15 is 0 Å². The number of fused-ring (bicyclic) bond motifs is 2. The first-order valence-electron chi connectivity index (χ1n) is 15.0. The number of allylic oxidation sites excluding steroid dienone is 2. The van der Waals surface area contributed by atoms with Gasteiger partial charge in [-0.05, 0) is 0 Å². The van der Waals surface area contributed by atoms with Gasteiger partial charge >= 0.3 is 244 Å². The van der Waals surface area contributed by atoms with Gasteiger partial charge in [0, 0.05) is 0 Å². The molecular formula is C38H42HfSi. The molecule has 2 aliphatic rings. The average Bonchev–Trinajstić information content (AvgIpc) is 3.59. The first-order chi connectivity index (χ1) is 19.2. The molecule has 0 aromatic heterocycles. The van der Waals surface area contributed by atoms with Gasteiger partial charge in [-0.3, -0.25) is 0 Å². The summed E-state index contributed by atoms with van der Waals surface area (Å²) in [5, 5.41) is 0. The second-order valence-corrected chi connectivity index (χ2v) is 59.0. The predicted octanol–water partition coefficient (Wildman–Crippen LogP) is 11.5. The molecule has 2 heteroatoms. The fourth-order valence-electron chi connectivity index (χ4n) is 9.00. The Hall–Kier alpha value is -2.55. The van der Waals surface area contributed by atoms with Crippen LogP contribution in [0.25, 0.3) is 34.4 Å². The Balaban J connectivity index is 1.61. The number of hydrogen-bond acceptors (Lipinski definition) is 0. The van der Waals surface area contributed by atoms with Crippen LogP contribution in [-0.2, 0) is 17.1 Å². The standard InChI is InChI=1S/2C15H11.C6H14Si.2CH3.Hf/c2*1-2-6-12(7-3-1)14-10-4-8-13-9-5-11-15(13)14;1-5(2)7-6(3)4;;;/h2*1-11H;5-6H,1-4H3;2*1H3;. The molecule has 40 heavy (non-hydrogen) atoms. The first-order valence-corrected chi connectivity index (χ1v) is 33.4. The zero-order valence-electron chi connectivity index (χ0n) is 24.9. The summed E-state index contributed by atoms with van der Waals surface area (Å²) in [5.74, 6) is 0. The Bertz CT molecular complexity index is 1580. The van der Waals surface area contributed by atoms with Crippen molar-refractivity contribution in [2.75, 3.05) is 0 Å². The van der Waals surface area contributed by atoms with Crippen LogP contribution < -0.4 is 0 Å². The van der Waals surface area contributed by atoms with Crippen molar-refractivity contribution in [3.05, 3.63) is 131 Å². The molecule has 2 aliphatic carbocycles. The third-order valence-electron chi connectivity index (χ3n) is 10.1. The fraction of sp³-hybridized carbons (Fsp3) is 0.263. The van der Waals surface area contributed by atoms with Gasteiger partial charge in [-0.15, -0.1) is 0 Å². The topological polar surface area (TPSA) is 0 Å². The van der Waals surface area contributed by atoms with Crippen LogP contribution in [0.1, 0.15) is 57.3 Å². The third-order valence-corrected chi connectivity index (χ3v) is 68.9. The molecule has 202 valence electrons. The van der Waals surface area contributed by atoms with Gasteiger partial charge < -0.3 is 0 Å². The van der Waals surface area contributed by atoms with Gasteiger partial charge in [0.2, 0.25) is 0 Å². The van der Waals surface area contributed by atoms with Crippen molar-refractivity contribution in [1.29, 1.82) is 0 Å². The molecule has 2 unspecified atom stereocenters. The Morgan fingerprint density at radius 3 is 1.30 bits per heavy atom. The van der Waals surface area contributed by atoms with E-state index in [1.807, 2.05) is 0 Å². The summed E-state index contributed by atoms with van der Waals surface area (Å²) in [4.78, 5) is 0. The summed E-state index contributed by atoms with van der Waals surface area (Å²) >= 11 is -3.90. The maximum absolute atomic E-state index is 3.90. The molecule has 4 aromatic carbocycles. The normalized spacial score (nSPS) is 17.9. The Kier molecular flexibility index (Phi) is 7.16. The van der Waals surface area contributed by atoms with E-state index in [9.17, 15) is 0 Å². The molecule has 6 rings (SSSR count). The summed E-state index contributed by atoms with van der Waals surface area (Å²) in [7, 11) is 0. The second kappa shape index (κ2) is 10.4. The zero-order valence-corrected chi connectivity index (χ0v) is 29.4. The summed E-state index contributed by atoms with van der Waals surface area (Å²) in [6.45, 7) is 10.2. The minimum absolute atomic E-state index is 0.551. The zero-order chi connectivity index (χ0) is 28.1. The fourth-order valence-corrected chi connectivity index (χ4v) is 80.8. The Morgan fingerprint density at radius 2 is 0.925 bits per heavy atom. The first kappa shape index (κ1) is 27.6. The van der Waals surface area contributed by atoms with Crippen LogP contribution in [0.5, 0.6) is 0 Å². The van der Waals surface area contributed by atoms with Gasteiger partial charge in [-0.2, -0.15) is 0 Å². The van der Waals surface area contributed by atoms with Crippen LogP contribution in [0.2, 0.25) is 20.4 Å². The minimum atomic E-state index is -3.90. The SMILES string of the molecule is CC(C)[Si](C(C)C)=[Hf]([CH3])([CH3])([CH]1C=Cc2c(-c3ccccc3)cccc21)[CH]1C=Cc2c(-c3ccccc3)cccc21. The molecule has 0 nitrogen and oxygen atoms in total. The van der Waals surface area contributed by atoms with E-state index in [0.717, 1.165) is 11.1 Å². The van der Waals surface area contributed by atoms with Crippen LogP contribution in [0.15, 0.2) is 109 Å². The monoisotopic (exact) mass is 706 g/mol. The molecule has 4 aromatic rings. The van der Waals surface area contributed by atoms with Crippen molar-refractivity contribution in [3.8, 4) is 22.3 Å². The van der Waals surface area contributed by atoms with E-state index in [4.69, 9.17) is 0 Å². The van der Waals surface area contributed by atoms with E-state index in [0.29, 0.717) is 7.35 Å². The van der Waals surface area contributed by atoms with Crippen LogP contribution in [0.4, 0.5) is 0 Å². The molecule has 0 aliphatic heterocycles. The van der Waals surface area contributed by atoms with Gasteiger partial charge in [0.1, 0.15) is 0 Å². The van der Waals surface area contributed by atoms with Crippen molar-refractivity contribution < 1.29 is 17.1 Å². The number of rotatable bonds is 6. The predicted molar refractivity (Wildman–Crippen MR) is 175 cm³/mol. The number of hydrogen-bond donors (Lipinski definition) is 0. The molecule has 0 N–H and O–H groups in total. The molecular weight excluding hydrogens is 663 g/mol. The van der Waals surface area contributed by atoms with E-state index in [-0.39, 0.29) is 0 Å². The molecule has 0 radical (unpaired) electrons. The summed E-state index contributed by atoms with van der Waals surface area (Å²) in [6.07, 6.45) is 10.3. The van der Waals surface area contributed by atoms with Crippen molar-refractivity contribution in [3.63, 3.8) is 0 Å². The van der Waals surface area contributed by atoms with E-state index in [2.05, 4.69) is 158 Å². The molecule has 0 spiro atoms. The van der Waals surface area contributed by atoms with E-state index in [1.54, 1.807) is 11.1 Å². The molecule has 0 fully saturated rings. The molecule has 2 atom stereocenters. The second-order valence-electron chi connectivity index (χ2n) is 13.4. The van der Waals surface area contributed by atoms with Crippen LogP contribution in [0.3, 0.4) is 0 Å². The number of benzene rings is 4. The summed E-state index contributed by atoms with van der Waals surface area (Å²) in [5.41, 5.74) is 12.3. The molecule has 0 saturated heterocycles. The quantitative estimate of drug-likeness (QED) is 0.175. The third kappa shape index (κ3) is 4.25. The Labute approximate surface area is 242 Å². The van der Waals surface area contributed by atoms with Crippen molar-refractivity contribution in [2.45, 2.75) is 55.5 Å².